The maximum Gasteiger partial charge on any atom is 0.256 e. The number of nitrogens with one attached hydrogen (secondary N) is 1. The Morgan fingerprint density at radius 1 is 1.08 bits per heavy atom. The van der Waals surface area contributed by atoms with Crippen LogP contribution in [0.4, 0.5) is 11.4 Å². The molecule has 1 aliphatic heterocycles. The summed E-state index contributed by atoms with van der Waals surface area (Å²) in [4.78, 5) is 26.4. The number of nitrogens with zero attached hydrogens (tertiary/aromatic N) is 1. The Labute approximate surface area is 156 Å². The number of amides is 2. The molecule has 0 bridgehead atoms. The van der Waals surface area contributed by atoms with Crippen molar-refractivity contribution in [3.05, 3.63) is 57.1 Å². The topological polar surface area (TPSA) is 49.4 Å². The second kappa shape index (κ2) is 6.70. The normalized spacial score (nSPS) is 17.3. The molecule has 1 saturated heterocycles. The Balaban J connectivity index is 1.91. The van der Waals surface area contributed by atoms with Gasteiger partial charge in [0.2, 0.25) is 5.91 Å². The lowest BCUT2D eigenvalue weighted by Crippen LogP contribution is -2.35. The van der Waals surface area contributed by atoms with Crippen molar-refractivity contribution in [2.45, 2.75) is 33.2 Å². The third kappa shape index (κ3) is 3.24. The third-order valence-corrected chi connectivity index (χ3v) is 5.12. The maximum atomic E-state index is 12.8. The number of halogens is 2. The number of aryl methyl sites for hydroxylation is 3. The van der Waals surface area contributed by atoms with Crippen LogP contribution in [-0.2, 0) is 9.59 Å². The second-order valence-corrected chi connectivity index (χ2v) is 7.10. The number of benzene rings is 2. The molecule has 1 atom stereocenters. The molecule has 25 heavy (non-hydrogen) atoms. The number of hydrogen-bond acceptors (Lipinski definition) is 3. The summed E-state index contributed by atoms with van der Waals surface area (Å²) in [6, 6.07) is 8.37. The summed E-state index contributed by atoms with van der Waals surface area (Å²) in [6.45, 7) is 5.99. The minimum absolute atomic E-state index is 0.0778. The number of carbonyl (C=O) groups is 2. The highest BCUT2D eigenvalue weighted by Gasteiger charge is 2.40. The van der Waals surface area contributed by atoms with Crippen molar-refractivity contribution in [3.63, 3.8) is 0 Å². The number of hydrogen-bond donors (Lipinski definition) is 1. The monoisotopic (exact) mass is 376 g/mol. The highest BCUT2D eigenvalue weighted by atomic mass is 35.5. The van der Waals surface area contributed by atoms with Gasteiger partial charge in [-0.15, -0.1) is 0 Å². The van der Waals surface area contributed by atoms with E-state index in [1.165, 1.54) is 0 Å². The highest BCUT2D eigenvalue weighted by molar-refractivity contribution is 6.45. The summed E-state index contributed by atoms with van der Waals surface area (Å²) < 4.78 is 0. The lowest BCUT2D eigenvalue weighted by molar-refractivity contribution is -0.121. The average Bonchev–Trinajstić information content (AvgIpc) is 2.80. The Morgan fingerprint density at radius 2 is 1.72 bits per heavy atom. The molecule has 0 unspecified atom stereocenters. The Kier molecular flexibility index (Phi) is 4.76. The minimum Gasteiger partial charge on any atom is -0.373 e. The van der Waals surface area contributed by atoms with E-state index in [0.717, 1.165) is 27.3 Å². The summed E-state index contributed by atoms with van der Waals surface area (Å²) >= 11 is 12.2. The Morgan fingerprint density at radius 3 is 2.36 bits per heavy atom. The molecule has 2 amide bonds. The lowest BCUT2D eigenvalue weighted by Gasteiger charge is -2.19. The quantitative estimate of drug-likeness (QED) is 0.792. The number of carbonyl (C=O) groups excluding carboxylic acids is 2. The smallest absolute Gasteiger partial charge is 0.256 e. The SMILES string of the molecule is Cc1cc(C)c(N[C@H]2CC(=O)N(c3cccc(Cl)c3Cl)C2=O)c(C)c1. The zero-order valence-electron chi connectivity index (χ0n) is 14.2. The van der Waals surface area contributed by atoms with Gasteiger partial charge in [0.05, 0.1) is 22.2 Å². The zero-order chi connectivity index (χ0) is 18.3. The standard InChI is InChI=1S/C19H18Cl2N2O2/c1-10-7-11(2)18(12(3)8-10)22-14-9-16(24)23(19(14)25)15-6-4-5-13(20)17(15)21/h4-8,14,22H,9H2,1-3H3/t14-/m0/s1. The first-order valence-electron chi connectivity index (χ1n) is 7.94. The van der Waals surface area contributed by atoms with Gasteiger partial charge in [-0.25, -0.2) is 4.90 Å². The van der Waals surface area contributed by atoms with Crippen LogP contribution in [0.1, 0.15) is 23.1 Å². The molecular weight excluding hydrogens is 359 g/mol. The number of rotatable bonds is 3. The molecule has 0 aromatic heterocycles. The summed E-state index contributed by atoms with van der Waals surface area (Å²) in [5.41, 5.74) is 4.44. The first kappa shape index (κ1) is 17.8. The zero-order valence-corrected chi connectivity index (χ0v) is 15.7. The van der Waals surface area contributed by atoms with Crippen LogP contribution >= 0.6 is 23.2 Å². The maximum absolute atomic E-state index is 12.8. The van der Waals surface area contributed by atoms with Crippen molar-refractivity contribution in [1.29, 1.82) is 0 Å². The number of anilines is 2. The van der Waals surface area contributed by atoms with Crippen molar-refractivity contribution in [2.75, 3.05) is 10.2 Å². The van der Waals surface area contributed by atoms with Crippen molar-refractivity contribution < 1.29 is 9.59 Å². The van der Waals surface area contributed by atoms with Gasteiger partial charge in [-0.2, -0.15) is 0 Å². The summed E-state index contributed by atoms with van der Waals surface area (Å²) in [5.74, 6) is -0.623. The lowest BCUT2D eigenvalue weighted by atomic mass is 10.0. The molecule has 0 radical (unpaired) electrons. The molecule has 0 saturated carbocycles. The van der Waals surface area contributed by atoms with E-state index in [4.69, 9.17) is 23.2 Å². The van der Waals surface area contributed by atoms with Crippen molar-refractivity contribution >= 4 is 46.4 Å². The van der Waals surface area contributed by atoms with E-state index >= 15 is 0 Å². The highest BCUT2D eigenvalue weighted by Crippen LogP contribution is 2.36. The van der Waals surface area contributed by atoms with Gasteiger partial charge in [-0.05, 0) is 44.0 Å². The molecule has 6 heteroatoms. The van der Waals surface area contributed by atoms with Gasteiger partial charge < -0.3 is 5.32 Å². The first-order chi connectivity index (χ1) is 11.8. The largest absolute Gasteiger partial charge is 0.373 e. The van der Waals surface area contributed by atoms with Gasteiger partial charge in [0.15, 0.2) is 0 Å². The molecule has 1 heterocycles. The molecule has 0 aliphatic carbocycles. The van der Waals surface area contributed by atoms with E-state index < -0.39 is 6.04 Å². The van der Waals surface area contributed by atoms with E-state index in [9.17, 15) is 9.59 Å². The number of imide groups is 1. The van der Waals surface area contributed by atoms with Gasteiger partial charge in [0.25, 0.3) is 5.91 Å². The van der Waals surface area contributed by atoms with E-state index in [2.05, 4.69) is 5.32 Å². The fourth-order valence-electron chi connectivity index (χ4n) is 3.24. The molecule has 1 aliphatic rings. The minimum atomic E-state index is -0.623. The molecule has 2 aromatic carbocycles. The fourth-order valence-corrected chi connectivity index (χ4v) is 3.62. The molecular formula is C19H18Cl2N2O2. The van der Waals surface area contributed by atoms with Crippen molar-refractivity contribution in [1.82, 2.24) is 0 Å². The van der Waals surface area contributed by atoms with Gasteiger partial charge in [-0.1, -0.05) is 47.0 Å². The van der Waals surface area contributed by atoms with Crippen LogP contribution in [0.5, 0.6) is 0 Å². The first-order valence-corrected chi connectivity index (χ1v) is 8.70. The summed E-state index contributed by atoms with van der Waals surface area (Å²) in [7, 11) is 0. The molecule has 4 nitrogen and oxygen atoms in total. The third-order valence-electron chi connectivity index (χ3n) is 4.31. The predicted molar refractivity (Wildman–Crippen MR) is 102 cm³/mol. The van der Waals surface area contributed by atoms with E-state index in [1.807, 2.05) is 32.9 Å². The van der Waals surface area contributed by atoms with Crippen LogP contribution in [0.3, 0.4) is 0 Å². The average molecular weight is 377 g/mol. The molecule has 0 spiro atoms. The van der Waals surface area contributed by atoms with Gasteiger partial charge in [-0.3, -0.25) is 9.59 Å². The van der Waals surface area contributed by atoms with Gasteiger partial charge in [0, 0.05) is 5.69 Å². The molecule has 130 valence electrons. The summed E-state index contributed by atoms with van der Waals surface area (Å²) in [5, 5.41) is 3.74. The van der Waals surface area contributed by atoms with Gasteiger partial charge >= 0.3 is 0 Å². The van der Waals surface area contributed by atoms with Gasteiger partial charge in [0.1, 0.15) is 6.04 Å². The Bertz CT molecular complexity index is 857. The second-order valence-electron chi connectivity index (χ2n) is 6.32. The van der Waals surface area contributed by atoms with Crippen molar-refractivity contribution in [2.24, 2.45) is 0 Å². The predicted octanol–water partition coefficient (Wildman–Crippen LogP) is 4.66. The van der Waals surface area contributed by atoms with E-state index in [-0.39, 0.29) is 23.3 Å². The van der Waals surface area contributed by atoms with E-state index in [1.54, 1.807) is 18.2 Å². The molecule has 1 N–H and O–H groups in total. The molecule has 2 aromatic rings. The Hall–Kier alpha value is -2.04. The van der Waals surface area contributed by atoms with Crippen LogP contribution in [0.2, 0.25) is 10.0 Å². The molecule has 1 fully saturated rings. The van der Waals surface area contributed by atoms with Crippen LogP contribution in [-0.4, -0.2) is 17.9 Å². The van der Waals surface area contributed by atoms with Crippen molar-refractivity contribution in [3.8, 4) is 0 Å². The van der Waals surface area contributed by atoms with Crippen LogP contribution in [0.15, 0.2) is 30.3 Å². The van der Waals surface area contributed by atoms with Crippen LogP contribution < -0.4 is 10.2 Å². The van der Waals surface area contributed by atoms with Crippen LogP contribution in [0, 0.1) is 20.8 Å². The fraction of sp³-hybridized carbons (Fsp3) is 0.263. The van der Waals surface area contributed by atoms with Crippen LogP contribution in [0.25, 0.3) is 0 Å². The van der Waals surface area contributed by atoms with E-state index in [0.29, 0.717) is 10.7 Å². The molecule has 3 rings (SSSR count). The summed E-state index contributed by atoms with van der Waals surface area (Å²) in [6.07, 6.45) is 0.0778.